The summed E-state index contributed by atoms with van der Waals surface area (Å²) in [4.78, 5) is 24.5. The van der Waals surface area contributed by atoms with Crippen molar-refractivity contribution in [1.82, 2.24) is 14.5 Å². The van der Waals surface area contributed by atoms with Crippen molar-refractivity contribution in [1.29, 1.82) is 0 Å². The second-order valence-corrected chi connectivity index (χ2v) is 4.76. The number of carbonyl (C=O) groups excluding carboxylic acids is 2. The first-order valence-electron chi connectivity index (χ1n) is 6.11. The Hall–Kier alpha value is -2.49. The minimum Gasteiger partial charge on any atom is -0.350 e. The fourth-order valence-corrected chi connectivity index (χ4v) is 2.45. The first-order chi connectivity index (χ1) is 10.1. The molecule has 21 heavy (non-hydrogen) atoms. The molecule has 0 atom stereocenters. The fraction of sp³-hybridized carbons (Fsp3) is 0.133. The SMILES string of the molecule is Cc1cccc2c1c(-c1ccnc(Cl)n1)cn2C.O=C=O. The van der Waals surface area contributed by atoms with Crippen LogP contribution in [0.4, 0.5) is 0 Å². The van der Waals surface area contributed by atoms with E-state index in [-0.39, 0.29) is 11.4 Å². The summed E-state index contributed by atoms with van der Waals surface area (Å²) in [5, 5.41) is 1.49. The first-order valence-corrected chi connectivity index (χ1v) is 6.49. The van der Waals surface area contributed by atoms with E-state index in [1.165, 1.54) is 16.5 Å². The van der Waals surface area contributed by atoms with Crippen LogP contribution in [0.2, 0.25) is 5.28 Å². The third kappa shape index (κ3) is 2.99. The van der Waals surface area contributed by atoms with Crippen LogP contribution in [0.15, 0.2) is 36.7 Å². The van der Waals surface area contributed by atoms with Gasteiger partial charge in [-0.05, 0) is 36.2 Å². The smallest absolute Gasteiger partial charge is 0.350 e. The summed E-state index contributed by atoms with van der Waals surface area (Å²) < 4.78 is 2.10. The van der Waals surface area contributed by atoms with Crippen molar-refractivity contribution in [3.63, 3.8) is 0 Å². The Morgan fingerprint density at radius 3 is 2.62 bits per heavy atom. The number of hydrogen-bond acceptors (Lipinski definition) is 4. The first kappa shape index (κ1) is 14.9. The molecule has 5 nitrogen and oxygen atoms in total. The summed E-state index contributed by atoms with van der Waals surface area (Å²) in [6.07, 6.45) is 4.01. The molecule has 0 fully saturated rings. The number of nitrogens with zero attached hydrogens (tertiary/aromatic N) is 3. The van der Waals surface area contributed by atoms with Crippen LogP contribution < -0.4 is 0 Å². The maximum absolute atomic E-state index is 8.12. The van der Waals surface area contributed by atoms with Crippen LogP contribution in [0.1, 0.15) is 5.56 Å². The second kappa shape index (κ2) is 6.31. The average Bonchev–Trinajstić information content (AvgIpc) is 2.79. The molecule has 0 aliphatic carbocycles. The van der Waals surface area contributed by atoms with Gasteiger partial charge in [0, 0.05) is 35.9 Å². The van der Waals surface area contributed by atoms with Crippen LogP contribution in [-0.4, -0.2) is 20.7 Å². The van der Waals surface area contributed by atoms with Crippen molar-refractivity contribution in [2.45, 2.75) is 6.92 Å². The third-order valence-corrected chi connectivity index (χ3v) is 3.31. The van der Waals surface area contributed by atoms with Gasteiger partial charge in [0.2, 0.25) is 5.28 Å². The Balaban J connectivity index is 0.000000497. The maximum atomic E-state index is 8.12. The Kier molecular flexibility index (Phi) is 4.48. The standard InChI is InChI=1S/C14H12ClN3.CO2/c1-9-4-3-5-12-13(9)10(8-18(12)2)11-6-7-16-14(15)17-11;2-1-3/h3-8H,1-2H3;. The zero-order valence-electron chi connectivity index (χ0n) is 11.5. The highest BCUT2D eigenvalue weighted by molar-refractivity contribution is 6.28. The minimum absolute atomic E-state index is 0.250. The van der Waals surface area contributed by atoms with E-state index in [4.69, 9.17) is 21.2 Å². The van der Waals surface area contributed by atoms with Gasteiger partial charge in [0.25, 0.3) is 0 Å². The number of aromatic nitrogens is 3. The summed E-state index contributed by atoms with van der Waals surface area (Å²) >= 11 is 5.86. The van der Waals surface area contributed by atoms with Crippen LogP contribution in [0.25, 0.3) is 22.2 Å². The Morgan fingerprint density at radius 2 is 1.95 bits per heavy atom. The molecule has 3 rings (SSSR count). The maximum Gasteiger partial charge on any atom is 0.373 e. The zero-order chi connectivity index (χ0) is 15.4. The predicted molar refractivity (Wildman–Crippen MR) is 78.7 cm³/mol. The summed E-state index contributed by atoms with van der Waals surface area (Å²) in [5.74, 6) is 0. The van der Waals surface area contributed by atoms with Crippen molar-refractivity contribution >= 4 is 28.7 Å². The fourth-order valence-electron chi connectivity index (χ4n) is 2.30. The molecule has 0 unspecified atom stereocenters. The van der Waals surface area contributed by atoms with Gasteiger partial charge < -0.3 is 4.57 Å². The van der Waals surface area contributed by atoms with Gasteiger partial charge in [-0.25, -0.2) is 9.97 Å². The topological polar surface area (TPSA) is 64.8 Å². The van der Waals surface area contributed by atoms with Crippen molar-refractivity contribution in [2.24, 2.45) is 7.05 Å². The number of hydrogen-bond donors (Lipinski definition) is 0. The molecule has 0 bridgehead atoms. The molecule has 0 aliphatic heterocycles. The summed E-state index contributed by atoms with van der Waals surface area (Å²) in [5.41, 5.74) is 4.38. The molecule has 0 aliphatic rings. The number of benzene rings is 1. The van der Waals surface area contributed by atoms with E-state index in [0.29, 0.717) is 0 Å². The molecule has 6 heteroatoms. The van der Waals surface area contributed by atoms with E-state index in [1.54, 1.807) is 6.20 Å². The van der Waals surface area contributed by atoms with Crippen molar-refractivity contribution < 1.29 is 9.59 Å². The highest BCUT2D eigenvalue weighted by Gasteiger charge is 2.11. The summed E-state index contributed by atoms with van der Waals surface area (Å²) in [6, 6.07) is 8.16. The molecular formula is C15H12ClN3O2. The van der Waals surface area contributed by atoms with Crippen LogP contribution in [0.3, 0.4) is 0 Å². The minimum atomic E-state index is 0.250. The van der Waals surface area contributed by atoms with E-state index >= 15 is 0 Å². The van der Waals surface area contributed by atoms with Crippen molar-refractivity contribution in [2.75, 3.05) is 0 Å². The van der Waals surface area contributed by atoms with Gasteiger partial charge in [0.1, 0.15) is 0 Å². The van der Waals surface area contributed by atoms with Gasteiger partial charge in [0.15, 0.2) is 0 Å². The van der Waals surface area contributed by atoms with E-state index in [0.717, 1.165) is 11.3 Å². The lowest BCUT2D eigenvalue weighted by Crippen LogP contribution is -1.86. The normalized spacial score (nSPS) is 9.86. The zero-order valence-corrected chi connectivity index (χ0v) is 12.3. The van der Waals surface area contributed by atoms with E-state index in [2.05, 4.69) is 45.9 Å². The lowest BCUT2D eigenvalue weighted by Gasteiger charge is -2.01. The third-order valence-electron chi connectivity index (χ3n) is 3.13. The van der Waals surface area contributed by atoms with Gasteiger partial charge in [-0.2, -0.15) is 9.59 Å². The Bertz CT molecular complexity index is 821. The van der Waals surface area contributed by atoms with Gasteiger partial charge in [-0.15, -0.1) is 0 Å². The molecule has 106 valence electrons. The molecule has 0 saturated heterocycles. The van der Waals surface area contributed by atoms with Gasteiger partial charge in [0.05, 0.1) is 5.69 Å². The van der Waals surface area contributed by atoms with Crippen LogP contribution in [-0.2, 0) is 16.6 Å². The quantitative estimate of drug-likeness (QED) is 0.648. The molecule has 0 saturated carbocycles. The number of fused-ring (bicyclic) bond motifs is 1. The van der Waals surface area contributed by atoms with Crippen LogP contribution in [0, 0.1) is 6.92 Å². The van der Waals surface area contributed by atoms with Gasteiger partial charge in [-0.3, -0.25) is 0 Å². The lowest BCUT2D eigenvalue weighted by molar-refractivity contribution is -0.191. The highest BCUT2D eigenvalue weighted by Crippen LogP contribution is 2.31. The second-order valence-electron chi connectivity index (χ2n) is 4.42. The molecule has 1 aromatic carbocycles. The average molecular weight is 302 g/mol. The Labute approximate surface area is 126 Å². The summed E-state index contributed by atoms with van der Waals surface area (Å²) in [6.45, 7) is 2.11. The van der Waals surface area contributed by atoms with Gasteiger partial charge in [-0.1, -0.05) is 12.1 Å². The molecular weight excluding hydrogens is 290 g/mol. The van der Waals surface area contributed by atoms with Crippen molar-refractivity contribution in [3.05, 3.63) is 47.5 Å². The van der Waals surface area contributed by atoms with E-state index < -0.39 is 0 Å². The molecule has 3 aromatic rings. The summed E-state index contributed by atoms with van der Waals surface area (Å²) in [7, 11) is 2.04. The molecule has 0 amide bonds. The number of rotatable bonds is 1. The molecule has 2 heterocycles. The van der Waals surface area contributed by atoms with E-state index in [1.807, 2.05) is 13.1 Å². The predicted octanol–water partition coefficient (Wildman–Crippen LogP) is 3.01. The largest absolute Gasteiger partial charge is 0.373 e. The number of halogens is 1. The van der Waals surface area contributed by atoms with Gasteiger partial charge >= 0.3 is 6.15 Å². The molecule has 0 radical (unpaired) electrons. The number of aryl methyl sites for hydroxylation is 2. The highest BCUT2D eigenvalue weighted by atomic mass is 35.5. The van der Waals surface area contributed by atoms with Crippen LogP contribution >= 0.6 is 11.6 Å². The molecule has 0 N–H and O–H groups in total. The Morgan fingerprint density at radius 1 is 1.24 bits per heavy atom. The van der Waals surface area contributed by atoms with Crippen LogP contribution in [0.5, 0.6) is 0 Å². The molecule has 0 spiro atoms. The van der Waals surface area contributed by atoms with Crippen molar-refractivity contribution in [3.8, 4) is 11.3 Å². The van der Waals surface area contributed by atoms with E-state index in [9.17, 15) is 0 Å². The monoisotopic (exact) mass is 301 g/mol. The lowest BCUT2D eigenvalue weighted by atomic mass is 10.1. The molecule has 2 aromatic heterocycles.